The van der Waals surface area contributed by atoms with E-state index in [2.05, 4.69) is 11.4 Å². The number of carbonyl (C=O) groups is 1. The normalized spacial score (nSPS) is 34.3. The lowest BCUT2D eigenvalue weighted by molar-refractivity contribution is -0.129. The molecule has 5 aliphatic rings. The van der Waals surface area contributed by atoms with Crippen molar-refractivity contribution in [3.63, 3.8) is 0 Å². The molecule has 1 heterocycles. The predicted octanol–water partition coefficient (Wildman–Crippen LogP) is 3.68. The van der Waals surface area contributed by atoms with Crippen LogP contribution in [0.4, 0.5) is 0 Å². The summed E-state index contributed by atoms with van der Waals surface area (Å²) < 4.78 is 10.8. The van der Waals surface area contributed by atoms with Crippen molar-refractivity contribution < 1.29 is 14.3 Å². The van der Waals surface area contributed by atoms with Crippen LogP contribution < -0.4 is 14.8 Å². The van der Waals surface area contributed by atoms with Crippen molar-refractivity contribution in [2.45, 2.75) is 51.4 Å². The summed E-state index contributed by atoms with van der Waals surface area (Å²) in [6.07, 6.45) is 9.79. The van der Waals surface area contributed by atoms with E-state index in [1.54, 1.807) is 0 Å². The number of hydrogen-bond acceptors (Lipinski definition) is 3. The average Bonchev–Trinajstić information content (AvgIpc) is 3.00. The van der Waals surface area contributed by atoms with E-state index in [0.717, 1.165) is 42.1 Å². The second kappa shape index (κ2) is 5.93. The molecule has 4 aliphatic carbocycles. The van der Waals surface area contributed by atoms with Crippen molar-refractivity contribution in [3.05, 3.63) is 23.8 Å². The SMILES string of the molecule is O=C(CC12CC3CC(CC(C3)C1)C2)NCCc1ccc2c(c1)OCO2. The summed E-state index contributed by atoms with van der Waals surface area (Å²) in [5, 5.41) is 3.16. The van der Waals surface area contributed by atoms with Gasteiger partial charge in [-0.2, -0.15) is 0 Å². The molecule has 1 N–H and O–H groups in total. The fourth-order valence-corrected chi connectivity index (χ4v) is 6.35. The first kappa shape index (κ1) is 15.5. The number of nitrogens with one attached hydrogen (secondary N) is 1. The highest BCUT2D eigenvalue weighted by atomic mass is 16.7. The number of amides is 1. The number of benzene rings is 1. The maximum atomic E-state index is 12.5. The Morgan fingerprint density at radius 1 is 1.04 bits per heavy atom. The van der Waals surface area contributed by atoms with Crippen LogP contribution in [0.15, 0.2) is 18.2 Å². The zero-order chi connectivity index (χ0) is 16.9. The molecule has 0 spiro atoms. The lowest BCUT2D eigenvalue weighted by Crippen LogP contribution is -2.48. The number of rotatable bonds is 5. The lowest BCUT2D eigenvalue weighted by atomic mass is 9.49. The van der Waals surface area contributed by atoms with Gasteiger partial charge in [-0.05, 0) is 85.8 Å². The molecule has 0 saturated heterocycles. The van der Waals surface area contributed by atoms with Gasteiger partial charge in [0.1, 0.15) is 0 Å². The van der Waals surface area contributed by atoms with Gasteiger partial charge in [-0.3, -0.25) is 4.79 Å². The summed E-state index contributed by atoms with van der Waals surface area (Å²) in [7, 11) is 0. The van der Waals surface area contributed by atoms with Gasteiger partial charge < -0.3 is 14.8 Å². The van der Waals surface area contributed by atoms with Crippen LogP contribution in [0.5, 0.6) is 11.5 Å². The molecule has 134 valence electrons. The van der Waals surface area contributed by atoms with E-state index in [0.29, 0.717) is 18.8 Å². The third kappa shape index (κ3) is 3.00. The van der Waals surface area contributed by atoms with Crippen LogP contribution in [0, 0.1) is 23.2 Å². The Hall–Kier alpha value is -1.71. The molecule has 0 aromatic heterocycles. The van der Waals surface area contributed by atoms with Crippen LogP contribution in [0.25, 0.3) is 0 Å². The van der Waals surface area contributed by atoms with E-state index in [1.165, 1.54) is 44.1 Å². The Morgan fingerprint density at radius 2 is 1.72 bits per heavy atom. The highest BCUT2D eigenvalue weighted by Crippen LogP contribution is 2.61. The summed E-state index contributed by atoms with van der Waals surface area (Å²) in [6, 6.07) is 6.03. The highest BCUT2D eigenvalue weighted by molar-refractivity contribution is 5.76. The van der Waals surface area contributed by atoms with Crippen molar-refractivity contribution in [1.82, 2.24) is 5.32 Å². The van der Waals surface area contributed by atoms with Gasteiger partial charge in [-0.15, -0.1) is 0 Å². The fourth-order valence-electron chi connectivity index (χ4n) is 6.35. The van der Waals surface area contributed by atoms with Crippen molar-refractivity contribution in [2.75, 3.05) is 13.3 Å². The Balaban J connectivity index is 1.14. The molecule has 0 radical (unpaired) electrons. The molecule has 1 aromatic rings. The molecule has 4 heteroatoms. The van der Waals surface area contributed by atoms with Crippen LogP contribution >= 0.6 is 0 Å². The molecule has 1 amide bonds. The topological polar surface area (TPSA) is 47.6 Å². The maximum absolute atomic E-state index is 12.5. The average molecular weight is 341 g/mol. The molecule has 4 bridgehead atoms. The molecule has 1 aliphatic heterocycles. The molecular formula is C21H27NO3. The van der Waals surface area contributed by atoms with Crippen LogP contribution in [0.3, 0.4) is 0 Å². The van der Waals surface area contributed by atoms with Gasteiger partial charge in [0.15, 0.2) is 11.5 Å². The standard InChI is InChI=1S/C21H27NO3/c23-20(12-21-9-15-5-16(10-21)7-17(6-15)11-21)22-4-3-14-1-2-18-19(8-14)25-13-24-18/h1-2,8,15-17H,3-7,9-13H2,(H,22,23). The number of hydrogen-bond donors (Lipinski definition) is 1. The van der Waals surface area contributed by atoms with Gasteiger partial charge in [-0.25, -0.2) is 0 Å². The molecule has 4 nitrogen and oxygen atoms in total. The van der Waals surface area contributed by atoms with Gasteiger partial charge in [0.05, 0.1) is 0 Å². The van der Waals surface area contributed by atoms with Gasteiger partial charge in [0.2, 0.25) is 12.7 Å². The molecule has 4 saturated carbocycles. The maximum Gasteiger partial charge on any atom is 0.231 e. The molecule has 0 atom stereocenters. The first-order valence-electron chi connectivity index (χ1n) is 9.83. The Bertz CT molecular complexity index is 648. The van der Waals surface area contributed by atoms with E-state index in [1.807, 2.05) is 12.1 Å². The smallest absolute Gasteiger partial charge is 0.231 e. The van der Waals surface area contributed by atoms with Gasteiger partial charge in [-0.1, -0.05) is 6.07 Å². The van der Waals surface area contributed by atoms with E-state index in [9.17, 15) is 4.79 Å². The molecule has 25 heavy (non-hydrogen) atoms. The fraction of sp³-hybridized carbons (Fsp3) is 0.667. The molecule has 4 fully saturated rings. The Kier molecular flexibility index (Phi) is 3.68. The monoisotopic (exact) mass is 341 g/mol. The van der Waals surface area contributed by atoms with E-state index < -0.39 is 0 Å². The molecule has 6 rings (SSSR count). The van der Waals surface area contributed by atoms with Gasteiger partial charge in [0.25, 0.3) is 0 Å². The number of fused-ring (bicyclic) bond motifs is 1. The summed E-state index contributed by atoms with van der Waals surface area (Å²) >= 11 is 0. The summed E-state index contributed by atoms with van der Waals surface area (Å²) in [5.74, 6) is 4.61. The third-order valence-corrected chi connectivity index (χ3v) is 6.87. The zero-order valence-corrected chi connectivity index (χ0v) is 14.8. The number of carbonyl (C=O) groups excluding carboxylic acids is 1. The van der Waals surface area contributed by atoms with Crippen molar-refractivity contribution in [2.24, 2.45) is 23.2 Å². The third-order valence-electron chi connectivity index (χ3n) is 6.87. The second-order valence-corrected chi connectivity index (χ2v) is 8.88. The van der Waals surface area contributed by atoms with Crippen LogP contribution in [-0.4, -0.2) is 19.2 Å². The summed E-state index contributed by atoms with van der Waals surface area (Å²) in [6.45, 7) is 1.01. The minimum absolute atomic E-state index is 0.252. The quantitative estimate of drug-likeness (QED) is 0.889. The predicted molar refractivity (Wildman–Crippen MR) is 94.5 cm³/mol. The van der Waals surface area contributed by atoms with E-state index >= 15 is 0 Å². The van der Waals surface area contributed by atoms with Crippen molar-refractivity contribution >= 4 is 5.91 Å². The van der Waals surface area contributed by atoms with Gasteiger partial charge in [0, 0.05) is 13.0 Å². The van der Waals surface area contributed by atoms with E-state index in [-0.39, 0.29) is 5.91 Å². The van der Waals surface area contributed by atoms with Gasteiger partial charge >= 0.3 is 0 Å². The summed E-state index contributed by atoms with van der Waals surface area (Å²) in [5.41, 5.74) is 1.51. The molecule has 0 unspecified atom stereocenters. The number of ether oxygens (including phenoxy) is 2. The largest absolute Gasteiger partial charge is 0.454 e. The van der Waals surface area contributed by atoms with E-state index in [4.69, 9.17) is 9.47 Å². The first-order chi connectivity index (χ1) is 12.2. The highest BCUT2D eigenvalue weighted by Gasteiger charge is 2.51. The van der Waals surface area contributed by atoms with Crippen LogP contribution in [0.2, 0.25) is 0 Å². The Morgan fingerprint density at radius 3 is 2.44 bits per heavy atom. The minimum Gasteiger partial charge on any atom is -0.454 e. The lowest BCUT2D eigenvalue weighted by Gasteiger charge is -2.56. The zero-order valence-electron chi connectivity index (χ0n) is 14.8. The minimum atomic E-state index is 0.252. The first-order valence-corrected chi connectivity index (χ1v) is 9.83. The van der Waals surface area contributed by atoms with Crippen LogP contribution in [0.1, 0.15) is 50.5 Å². The summed E-state index contributed by atoms with van der Waals surface area (Å²) in [4.78, 5) is 12.5. The van der Waals surface area contributed by atoms with Crippen molar-refractivity contribution in [3.8, 4) is 11.5 Å². The second-order valence-electron chi connectivity index (χ2n) is 8.88. The molecule has 1 aromatic carbocycles. The van der Waals surface area contributed by atoms with Crippen molar-refractivity contribution in [1.29, 1.82) is 0 Å². The molecular weight excluding hydrogens is 314 g/mol. The Labute approximate surface area is 149 Å². The van der Waals surface area contributed by atoms with Crippen LogP contribution in [-0.2, 0) is 11.2 Å².